The quantitative estimate of drug-likeness (QED) is 0.841. The molecule has 1 fully saturated rings. The minimum absolute atomic E-state index is 0.184. The number of ether oxygens (including phenoxy) is 1. The number of rotatable bonds is 6. The van der Waals surface area contributed by atoms with Crippen LogP contribution in [0.5, 0.6) is 5.75 Å². The van der Waals surface area contributed by atoms with Crippen molar-refractivity contribution in [2.75, 3.05) is 14.2 Å². The van der Waals surface area contributed by atoms with Gasteiger partial charge in [-0.2, -0.15) is 0 Å². The highest BCUT2D eigenvalue weighted by Gasteiger charge is 2.34. The zero-order valence-corrected chi connectivity index (χ0v) is 11.6. The van der Waals surface area contributed by atoms with Gasteiger partial charge in [0.05, 0.1) is 7.11 Å². The third-order valence-electron chi connectivity index (χ3n) is 3.90. The molecule has 0 heterocycles. The number of hydrogen-bond acceptors (Lipinski definition) is 3. The molecule has 0 spiro atoms. The van der Waals surface area contributed by atoms with Gasteiger partial charge in [0, 0.05) is 18.1 Å². The van der Waals surface area contributed by atoms with Gasteiger partial charge in [0.1, 0.15) is 5.75 Å². The summed E-state index contributed by atoms with van der Waals surface area (Å²) in [5.74, 6) is 0.900. The molecule has 1 aliphatic rings. The van der Waals surface area contributed by atoms with Gasteiger partial charge in [0.2, 0.25) is 0 Å². The van der Waals surface area contributed by atoms with Crippen LogP contribution in [0.15, 0.2) is 24.3 Å². The molecule has 1 aromatic carbocycles. The largest absolute Gasteiger partial charge is 0.497 e. The van der Waals surface area contributed by atoms with Gasteiger partial charge in [-0.25, -0.2) is 0 Å². The zero-order chi connectivity index (χ0) is 13.1. The van der Waals surface area contributed by atoms with Crippen LogP contribution in [0, 0.1) is 0 Å². The van der Waals surface area contributed by atoms with E-state index in [1.165, 1.54) is 18.4 Å². The molecule has 0 radical (unpaired) electrons. The lowest BCUT2D eigenvalue weighted by atomic mass is 9.96. The summed E-state index contributed by atoms with van der Waals surface area (Å²) in [6.45, 7) is 2.15. The van der Waals surface area contributed by atoms with Gasteiger partial charge in [-0.05, 0) is 44.0 Å². The second kappa shape index (κ2) is 5.72. The first kappa shape index (κ1) is 13.4. The van der Waals surface area contributed by atoms with Crippen molar-refractivity contribution in [2.24, 2.45) is 5.73 Å². The maximum absolute atomic E-state index is 6.31. The highest BCUT2D eigenvalue weighted by molar-refractivity contribution is 5.30. The van der Waals surface area contributed by atoms with Gasteiger partial charge in [0.15, 0.2) is 0 Å². The summed E-state index contributed by atoms with van der Waals surface area (Å²) in [7, 11) is 3.89. The molecule has 0 saturated heterocycles. The summed E-state index contributed by atoms with van der Waals surface area (Å²) in [6, 6.07) is 9.53. The van der Waals surface area contributed by atoms with Crippen LogP contribution < -0.4 is 10.5 Å². The van der Waals surface area contributed by atoms with Crippen molar-refractivity contribution in [3.05, 3.63) is 29.8 Å². The van der Waals surface area contributed by atoms with Gasteiger partial charge in [-0.3, -0.25) is 4.90 Å². The van der Waals surface area contributed by atoms with Crippen LogP contribution in [0.2, 0.25) is 0 Å². The van der Waals surface area contributed by atoms with Crippen molar-refractivity contribution in [2.45, 2.75) is 44.3 Å². The lowest BCUT2D eigenvalue weighted by Gasteiger charge is -2.33. The number of hydrogen-bond donors (Lipinski definition) is 1. The summed E-state index contributed by atoms with van der Waals surface area (Å²) >= 11 is 0. The second-order valence-corrected chi connectivity index (χ2v) is 5.19. The van der Waals surface area contributed by atoms with E-state index in [1.807, 2.05) is 12.1 Å². The molecule has 2 unspecified atom stereocenters. The Morgan fingerprint density at radius 3 is 2.39 bits per heavy atom. The summed E-state index contributed by atoms with van der Waals surface area (Å²) in [5, 5.41) is 0. The van der Waals surface area contributed by atoms with E-state index in [1.54, 1.807) is 7.11 Å². The van der Waals surface area contributed by atoms with Gasteiger partial charge in [0.25, 0.3) is 0 Å². The molecule has 1 aromatic rings. The van der Waals surface area contributed by atoms with Crippen molar-refractivity contribution in [1.29, 1.82) is 0 Å². The van der Waals surface area contributed by atoms with Gasteiger partial charge >= 0.3 is 0 Å². The Morgan fingerprint density at radius 1 is 1.33 bits per heavy atom. The average molecular weight is 248 g/mol. The van der Waals surface area contributed by atoms with Crippen LogP contribution in [0.3, 0.4) is 0 Å². The van der Waals surface area contributed by atoms with E-state index in [0.29, 0.717) is 6.04 Å². The molecule has 2 rings (SSSR count). The first-order valence-electron chi connectivity index (χ1n) is 6.78. The van der Waals surface area contributed by atoms with E-state index < -0.39 is 0 Å². The molecule has 2 atom stereocenters. The fourth-order valence-corrected chi connectivity index (χ4v) is 2.52. The molecular weight excluding hydrogens is 224 g/mol. The standard InChI is InChI=1S/C15H24N2O/c1-4-14(16)15(17(2)12-7-8-12)11-5-9-13(18-3)10-6-11/h5-6,9-10,12,14-15H,4,7-8,16H2,1-3H3. The number of benzene rings is 1. The van der Waals surface area contributed by atoms with Crippen LogP contribution in [0.25, 0.3) is 0 Å². The molecule has 1 saturated carbocycles. The summed E-state index contributed by atoms with van der Waals surface area (Å²) < 4.78 is 5.21. The van der Waals surface area contributed by atoms with E-state index in [2.05, 4.69) is 31.0 Å². The van der Waals surface area contributed by atoms with Crippen molar-refractivity contribution in [3.63, 3.8) is 0 Å². The molecule has 1 aliphatic carbocycles. The molecule has 2 N–H and O–H groups in total. The fraction of sp³-hybridized carbons (Fsp3) is 0.600. The number of nitrogens with two attached hydrogens (primary N) is 1. The average Bonchev–Trinajstić information content (AvgIpc) is 3.23. The Morgan fingerprint density at radius 2 is 1.94 bits per heavy atom. The van der Waals surface area contributed by atoms with Gasteiger partial charge in [-0.15, -0.1) is 0 Å². The monoisotopic (exact) mass is 248 g/mol. The molecule has 3 heteroatoms. The van der Waals surface area contributed by atoms with E-state index in [0.717, 1.165) is 18.2 Å². The minimum Gasteiger partial charge on any atom is -0.497 e. The summed E-state index contributed by atoms with van der Waals surface area (Å²) in [5.41, 5.74) is 7.60. The van der Waals surface area contributed by atoms with E-state index in [9.17, 15) is 0 Å². The van der Waals surface area contributed by atoms with Gasteiger partial charge in [-0.1, -0.05) is 19.1 Å². The lowest BCUT2D eigenvalue weighted by Crippen LogP contribution is -2.39. The molecule has 3 nitrogen and oxygen atoms in total. The summed E-state index contributed by atoms with van der Waals surface area (Å²) in [4.78, 5) is 2.44. The molecule has 100 valence electrons. The van der Waals surface area contributed by atoms with Crippen LogP contribution >= 0.6 is 0 Å². The molecule has 0 aromatic heterocycles. The van der Waals surface area contributed by atoms with E-state index in [-0.39, 0.29) is 6.04 Å². The van der Waals surface area contributed by atoms with Crippen molar-refractivity contribution in [1.82, 2.24) is 4.90 Å². The molecule has 0 amide bonds. The molecule has 0 bridgehead atoms. The SMILES string of the molecule is CCC(N)C(c1ccc(OC)cc1)N(C)C1CC1. The predicted octanol–water partition coefficient (Wildman–Crippen LogP) is 2.57. The lowest BCUT2D eigenvalue weighted by molar-refractivity contribution is 0.200. The normalized spacial score (nSPS) is 18.7. The van der Waals surface area contributed by atoms with Crippen LogP contribution in [-0.4, -0.2) is 31.1 Å². The Hall–Kier alpha value is -1.06. The second-order valence-electron chi connectivity index (χ2n) is 5.19. The maximum Gasteiger partial charge on any atom is 0.118 e. The number of methoxy groups -OCH3 is 1. The molecule has 0 aliphatic heterocycles. The Labute approximate surface area is 110 Å². The molecule has 18 heavy (non-hydrogen) atoms. The topological polar surface area (TPSA) is 38.5 Å². The van der Waals surface area contributed by atoms with Crippen molar-refractivity contribution in [3.8, 4) is 5.75 Å². The predicted molar refractivity (Wildman–Crippen MR) is 74.8 cm³/mol. The Kier molecular flexibility index (Phi) is 4.25. The molecular formula is C15H24N2O. The van der Waals surface area contributed by atoms with Crippen LogP contribution in [-0.2, 0) is 0 Å². The van der Waals surface area contributed by atoms with Crippen molar-refractivity contribution < 1.29 is 4.74 Å². The third-order valence-corrected chi connectivity index (χ3v) is 3.90. The minimum atomic E-state index is 0.184. The smallest absolute Gasteiger partial charge is 0.118 e. The third kappa shape index (κ3) is 2.85. The number of likely N-dealkylation sites (N-methyl/N-ethyl adjacent to an activating group) is 1. The number of nitrogens with zero attached hydrogens (tertiary/aromatic N) is 1. The summed E-state index contributed by atoms with van der Waals surface area (Å²) in [6.07, 6.45) is 3.60. The zero-order valence-electron chi connectivity index (χ0n) is 11.6. The fourth-order valence-electron chi connectivity index (χ4n) is 2.52. The Balaban J connectivity index is 2.20. The maximum atomic E-state index is 6.31. The highest BCUT2D eigenvalue weighted by Crippen LogP contribution is 2.35. The highest BCUT2D eigenvalue weighted by atomic mass is 16.5. The first-order chi connectivity index (χ1) is 8.67. The van der Waals surface area contributed by atoms with E-state index >= 15 is 0 Å². The van der Waals surface area contributed by atoms with Gasteiger partial charge < -0.3 is 10.5 Å². The first-order valence-corrected chi connectivity index (χ1v) is 6.78. The van der Waals surface area contributed by atoms with Crippen LogP contribution in [0.1, 0.15) is 37.8 Å². The van der Waals surface area contributed by atoms with Crippen LogP contribution in [0.4, 0.5) is 0 Å². The van der Waals surface area contributed by atoms with E-state index in [4.69, 9.17) is 10.5 Å². The Bertz CT molecular complexity index is 373. The van der Waals surface area contributed by atoms with Crippen molar-refractivity contribution >= 4 is 0 Å².